The lowest BCUT2D eigenvalue weighted by Gasteiger charge is -2.05. The van der Waals surface area contributed by atoms with Crippen LogP contribution in [0.3, 0.4) is 0 Å². The largest absolute Gasteiger partial charge is 0.497 e. The summed E-state index contributed by atoms with van der Waals surface area (Å²) in [4.78, 5) is 20.0. The van der Waals surface area contributed by atoms with Crippen LogP contribution < -0.4 is 10.1 Å². The minimum absolute atomic E-state index is 0.177. The van der Waals surface area contributed by atoms with Crippen molar-refractivity contribution < 1.29 is 9.53 Å². The molecule has 7 heteroatoms. The average molecular weight is 347 g/mol. The monoisotopic (exact) mass is 347 g/mol. The Labute approximate surface area is 149 Å². The van der Waals surface area contributed by atoms with E-state index in [4.69, 9.17) is 4.74 Å². The number of carbonyl (C=O) groups excluding carboxylic acids is 1. The number of pyridine rings is 1. The molecular formula is C19H17N5O2. The molecule has 1 amide bonds. The molecule has 3 aromatic heterocycles. The zero-order chi connectivity index (χ0) is 17.9. The van der Waals surface area contributed by atoms with Crippen LogP contribution in [-0.2, 0) is 6.54 Å². The van der Waals surface area contributed by atoms with Gasteiger partial charge in [0.25, 0.3) is 5.91 Å². The maximum atomic E-state index is 12.4. The molecule has 0 bridgehead atoms. The van der Waals surface area contributed by atoms with Crippen molar-refractivity contribution in [1.82, 2.24) is 25.5 Å². The van der Waals surface area contributed by atoms with Crippen molar-refractivity contribution in [2.24, 2.45) is 0 Å². The molecule has 7 nitrogen and oxygen atoms in total. The lowest BCUT2D eigenvalue weighted by atomic mass is 10.2. The zero-order valence-electron chi connectivity index (χ0n) is 14.1. The third-order valence-corrected chi connectivity index (χ3v) is 4.13. The number of nitrogens with one attached hydrogen (secondary N) is 3. The second-order valence-electron chi connectivity index (χ2n) is 5.84. The van der Waals surface area contributed by atoms with Crippen LogP contribution in [0, 0.1) is 0 Å². The number of nitrogens with zero attached hydrogens (tertiary/aromatic N) is 2. The van der Waals surface area contributed by atoms with E-state index in [9.17, 15) is 4.79 Å². The summed E-state index contributed by atoms with van der Waals surface area (Å²) in [5, 5.41) is 10.5. The first kappa shape index (κ1) is 15.9. The van der Waals surface area contributed by atoms with Gasteiger partial charge >= 0.3 is 0 Å². The highest BCUT2D eigenvalue weighted by Crippen LogP contribution is 2.20. The maximum Gasteiger partial charge on any atom is 0.268 e. The quantitative estimate of drug-likeness (QED) is 0.517. The minimum atomic E-state index is -0.177. The average Bonchev–Trinajstić information content (AvgIpc) is 3.35. The van der Waals surface area contributed by atoms with Crippen molar-refractivity contribution in [1.29, 1.82) is 0 Å². The molecule has 3 heterocycles. The second-order valence-corrected chi connectivity index (χ2v) is 5.84. The van der Waals surface area contributed by atoms with E-state index in [2.05, 4.69) is 25.5 Å². The van der Waals surface area contributed by atoms with Crippen molar-refractivity contribution in [3.63, 3.8) is 0 Å². The topological polar surface area (TPSA) is 95.7 Å². The number of methoxy groups -OCH3 is 1. The number of hydrogen-bond acceptors (Lipinski definition) is 4. The van der Waals surface area contributed by atoms with Gasteiger partial charge in [0.15, 0.2) is 0 Å². The summed E-state index contributed by atoms with van der Waals surface area (Å²) in [5.41, 5.74) is 3.82. The summed E-state index contributed by atoms with van der Waals surface area (Å²) in [7, 11) is 1.62. The van der Waals surface area contributed by atoms with E-state index < -0.39 is 0 Å². The maximum absolute atomic E-state index is 12.4. The van der Waals surface area contributed by atoms with Crippen LogP contribution in [0.5, 0.6) is 5.75 Å². The fourth-order valence-electron chi connectivity index (χ4n) is 2.70. The van der Waals surface area contributed by atoms with Gasteiger partial charge < -0.3 is 15.0 Å². The molecular weight excluding hydrogens is 330 g/mol. The summed E-state index contributed by atoms with van der Waals surface area (Å²) in [6.45, 7) is 0.436. The number of aromatic nitrogens is 4. The number of benzene rings is 1. The number of ether oxygens (including phenoxy) is 1. The summed E-state index contributed by atoms with van der Waals surface area (Å²) >= 11 is 0. The number of fused-ring (bicyclic) bond motifs is 1. The number of aromatic amines is 2. The fourth-order valence-corrected chi connectivity index (χ4v) is 2.70. The van der Waals surface area contributed by atoms with E-state index in [-0.39, 0.29) is 5.91 Å². The Bertz CT molecular complexity index is 1040. The second kappa shape index (κ2) is 6.72. The molecule has 4 aromatic rings. The van der Waals surface area contributed by atoms with E-state index in [1.165, 1.54) is 0 Å². The standard InChI is InChI=1S/C19H17N5O2/c1-26-15-5-2-12(3-6-15)9-20-19(25)17-8-13-4-7-16(23-18(13)24-17)14-10-21-22-11-14/h2-8,10-11H,9H2,1H3,(H,20,25)(H,21,22)(H,23,24). The molecule has 4 rings (SSSR count). The molecule has 0 spiro atoms. The van der Waals surface area contributed by atoms with Gasteiger partial charge in [0.2, 0.25) is 0 Å². The van der Waals surface area contributed by atoms with E-state index in [1.54, 1.807) is 25.6 Å². The molecule has 0 fully saturated rings. The summed E-state index contributed by atoms with van der Waals surface area (Å²) in [5.74, 6) is 0.610. The van der Waals surface area contributed by atoms with Crippen molar-refractivity contribution in [2.75, 3.05) is 7.11 Å². The number of rotatable bonds is 5. The third-order valence-electron chi connectivity index (χ3n) is 4.13. The van der Waals surface area contributed by atoms with E-state index in [0.29, 0.717) is 17.9 Å². The third kappa shape index (κ3) is 3.14. The van der Waals surface area contributed by atoms with Gasteiger partial charge in [-0.05, 0) is 35.9 Å². The molecule has 0 unspecified atom stereocenters. The molecule has 0 aliphatic heterocycles. The molecule has 130 valence electrons. The summed E-state index contributed by atoms with van der Waals surface area (Å²) in [6.07, 6.45) is 3.49. The van der Waals surface area contributed by atoms with Crippen LogP contribution in [0.1, 0.15) is 16.1 Å². The van der Waals surface area contributed by atoms with Gasteiger partial charge in [0.05, 0.1) is 19.0 Å². The highest BCUT2D eigenvalue weighted by atomic mass is 16.5. The predicted molar refractivity (Wildman–Crippen MR) is 97.8 cm³/mol. The molecule has 0 radical (unpaired) electrons. The van der Waals surface area contributed by atoms with Crippen molar-refractivity contribution in [3.8, 4) is 17.0 Å². The van der Waals surface area contributed by atoms with Crippen molar-refractivity contribution >= 4 is 16.9 Å². The van der Waals surface area contributed by atoms with E-state index in [0.717, 1.165) is 28.0 Å². The van der Waals surface area contributed by atoms with Gasteiger partial charge in [-0.1, -0.05) is 12.1 Å². The minimum Gasteiger partial charge on any atom is -0.497 e. The van der Waals surface area contributed by atoms with Gasteiger partial charge in [-0.2, -0.15) is 5.10 Å². The number of carbonyl (C=O) groups is 1. The first-order valence-electron chi connectivity index (χ1n) is 8.13. The lowest BCUT2D eigenvalue weighted by molar-refractivity contribution is 0.0946. The van der Waals surface area contributed by atoms with Crippen molar-refractivity contribution in [3.05, 3.63) is 66.1 Å². The van der Waals surface area contributed by atoms with Crippen LogP contribution in [-0.4, -0.2) is 33.2 Å². The fraction of sp³-hybridized carbons (Fsp3) is 0.105. The lowest BCUT2D eigenvalue weighted by Crippen LogP contribution is -2.23. The molecule has 1 aromatic carbocycles. The zero-order valence-corrected chi connectivity index (χ0v) is 14.1. The highest BCUT2D eigenvalue weighted by Gasteiger charge is 2.11. The molecule has 26 heavy (non-hydrogen) atoms. The first-order valence-corrected chi connectivity index (χ1v) is 8.13. The molecule has 0 atom stereocenters. The van der Waals surface area contributed by atoms with Gasteiger partial charge in [0, 0.05) is 23.7 Å². The van der Waals surface area contributed by atoms with E-state index in [1.807, 2.05) is 36.4 Å². The Kier molecular flexibility index (Phi) is 4.10. The van der Waals surface area contributed by atoms with Gasteiger partial charge in [-0.3, -0.25) is 9.89 Å². The summed E-state index contributed by atoms with van der Waals surface area (Å²) < 4.78 is 5.13. The Morgan fingerprint density at radius 2 is 2.04 bits per heavy atom. The Balaban J connectivity index is 1.49. The van der Waals surface area contributed by atoms with Gasteiger partial charge in [0.1, 0.15) is 17.1 Å². The van der Waals surface area contributed by atoms with Crippen LogP contribution in [0.25, 0.3) is 22.3 Å². The molecule has 0 aliphatic carbocycles. The van der Waals surface area contributed by atoms with Crippen LogP contribution in [0.15, 0.2) is 54.9 Å². The first-order chi connectivity index (χ1) is 12.7. The Morgan fingerprint density at radius 1 is 1.19 bits per heavy atom. The summed E-state index contributed by atoms with van der Waals surface area (Å²) in [6, 6.07) is 13.2. The van der Waals surface area contributed by atoms with Crippen LogP contribution in [0.4, 0.5) is 0 Å². The molecule has 0 aliphatic rings. The molecule has 0 saturated heterocycles. The number of H-pyrrole nitrogens is 2. The normalized spacial score (nSPS) is 10.8. The van der Waals surface area contributed by atoms with Gasteiger partial charge in [-0.15, -0.1) is 0 Å². The van der Waals surface area contributed by atoms with Crippen LogP contribution in [0.2, 0.25) is 0 Å². The smallest absolute Gasteiger partial charge is 0.268 e. The molecule has 0 saturated carbocycles. The number of amides is 1. The van der Waals surface area contributed by atoms with Crippen molar-refractivity contribution in [2.45, 2.75) is 6.54 Å². The highest BCUT2D eigenvalue weighted by molar-refractivity contribution is 5.97. The number of hydrogen-bond donors (Lipinski definition) is 3. The predicted octanol–water partition coefficient (Wildman–Crippen LogP) is 2.89. The Morgan fingerprint density at radius 3 is 2.77 bits per heavy atom. The van der Waals surface area contributed by atoms with Crippen LogP contribution >= 0.6 is 0 Å². The molecule has 3 N–H and O–H groups in total. The Hall–Kier alpha value is -3.61. The van der Waals surface area contributed by atoms with E-state index >= 15 is 0 Å². The SMILES string of the molecule is COc1ccc(CNC(=O)c2cc3ccc(-c4cn[nH]c4)nc3[nH]2)cc1. The van der Waals surface area contributed by atoms with Gasteiger partial charge in [-0.25, -0.2) is 4.98 Å².